The number of rotatable bonds is 1. The summed E-state index contributed by atoms with van der Waals surface area (Å²) in [5.74, 6) is 5.02. The maximum Gasteiger partial charge on any atom is 0.421 e. The minimum absolute atomic E-state index is 0.330. The zero-order valence-electron chi connectivity index (χ0n) is 17.2. The van der Waals surface area contributed by atoms with Crippen molar-refractivity contribution in [2.24, 2.45) is 5.92 Å². The van der Waals surface area contributed by atoms with E-state index in [1.807, 2.05) is 19.1 Å². The highest BCUT2D eigenvalue weighted by atomic mass is 19.1. The van der Waals surface area contributed by atoms with Gasteiger partial charge in [0.25, 0.3) is 0 Å². The maximum absolute atomic E-state index is 13.4. The van der Waals surface area contributed by atoms with Crippen LogP contribution in [0.5, 0.6) is 0 Å². The molecule has 2 amide bonds. The van der Waals surface area contributed by atoms with Gasteiger partial charge in [0.2, 0.25) is 5.91 Å². The summed E-state index contributed by atoms with van der Waals surface area (Å²) in [5.41, 5.74) is 0.172. The fourth-order valence-corrected chi connectivity index (χ4v) is 3.34. The summed E-state index contributed by atoms with van der Waals surface area (Å²) in [4.78, 5) is 27.3. The fraction of sp³-hybridized carbons (Fsp3) is 0.333. The molecule has 0 spiro atoms. The van der Waals surface area contributed by atoms with Gasteiger partial charge >= 0.3 is 6.09 Å². The van der Waals surface area contributed by atoms with Crippen molar-refractivity contribution >= 4 is 17.7 Å². The zero-order valence-corrected chi connectivity index (χ0v) is 17.2. The second-order valence-corrected chi connectivity index (χ2v) is 8.34. The van der Waals surface area contributed by atoms with E-state index in [0.29, 0.717) is 11.3 Å². The number of carbonyl (C=O) groups excluding carboxylic acids is 2. The third-order valence-electron chi connectivity index (χ3n) is 5.07. The Morgan fingerprint density at radius 3 is 2.38 bits per heavy atom. The van der Waals surface area contributed by atoms with Crippen LogP contribution in [-0.4, -0.2) is 17.6 Å². The topological polar surface area (TPSA) is 46.6 Å². The average molecular weight is 393 g/mol. The largest absolute Gasteiger partial charge is 0.443 e. The summed E-state index contributed by atoms with van der Waals surface area (Å²) in [6.07, 6.45) is -0.697. The van der Waals surface area contributed by atoms with Crippen LogP contribution in [0, 0.1) is 23.6 Å². The monoisotopic (exact) mass is 393 g/mol. The second-order valence-electron chi connectivity index (χ2n) is 8.34. The van der Waals surface area contributed by atoms with Crippen molar-refractivity contribution in [1.29, 1.82) is 0 Å². The normalized spacial score (nSPS) is 19.2. The van der Waals surface area contributed by atoms with E-state index >= 15 is 0 Å². The van der Waals surface area contributed by atoms with E-state index in [9.17, 15) is 14.0 Å². The predicted octanol–water partition coefficient (Wildman–Crippen LogP) is 5.05. The number of imide groups is 1. The predicted molar refractivity (Wildman–Crippen MR) is 110 cm³/mol. The van der Waals surface area contributed by atoms with Crippen LogP contribution in [0.15, 0.2) is 48.5 Å². The Bertz CT molecular complexity index is 1010. The fourth-order valence-electron chi connectivity index (χ4n) is 3.34. The molecule has 0 N–H and O–H groups in total. The molecule has 2 aromatic rings. The number of benzene rings is 2. The number of ether oxygens (including phenoxy) is 1. The van der Waals surface area contributed by atoms with Crippen LogP contribution in [-0.2, 0) is 14.9 Å². The smallest absolute Gasteiger partial charge is 0.421 e. The molecule has 0 saturated heterocycles. The third-order valence-corrected chi connectivity index (χ3v) is 5.07. The van der Waals surface area contributed by atoms with Gasteiger partial charge in [0.1, 0.15) is 11.4 Å². The van der Waals surface area contributed by atoms with Gasteiger partial charge in [0.05, 0.1) is 11.1 Å². The number of halogens is 1. The van der Waals surface area contributed by atoms with Crippen LogP contribution in [0.4, 0.5) is 14.9 Å². The van der Waals surface area contributed by atoms with Gasteiger partial charge in [-0.1, -0.05) is 37.0 Å². The van der Waals surface area contributed by atoms with Gasteiger partial charge in [-0.25, -0.2) is 14.1 Å². The molecule has 150 valence electrons. The second kappa shape index (κ2) is 7.36. The number of anilines is 1. The van der Waals surface area contributed by atoms with Crippen LogP contribution < -0.4 is 4.90 Å². The Hall–Kier alpha value is -3.13. The van der Waals surface area contributed by atoms with E-state index in [1.165, 1.54) is 12.1 Å². The molecule has 0 aromatic heterocycles. The molecule has 3 rings (SSSR count). The number of hydrogen-bond acceptors (Lipinski definition) is 3. The van der Waals surface area contributed by atoms with Crippen LogP contribution in [0.2, 0.25) is 0 Å². The molecule has 1 aliphatic heterocycles. The van der Waals surface area contributed by atoms with Gasteiger partial charge in [-0.2, -0.15) is 0 Å². The lowest BCUT2D eigenvalue weighted by Crippen LogP contribution is -2.46. The molecule has 0 unspecified atom stereocenters. The highest BCUT2D eigenvalue weighted by Gasteiger charge is 2.53. The van der Waals surface area contributed by atoms with Gasteiger partial charge in [-0.15, -0.1) is 0 Å². The van der Waals surface area contributed by atoms with E-state index in [4.69, 9.17) is 4.74 Å². The summed E-state index contributed by atoms with van der Waals surface area (Å²) >= 11 is 0. The molecule has 0 aliphatic carbocycles. The summed E-state index contributed by atoms with van der Waals surface area (Å²) < 4.78 is 18.6. The Morgan fingerprint density at radius 1 is 1.14 bits per heavy atom. The number of carbonyl (C=O) groups is 2. The van der Waals surface area contributed by atoms with Crippen LogP contribution in [0.1, 0.15) is 45.7 Å². The molecular weight excluding hydrogens is 369 g/mol. The Morgan fingerprint density at radius 2 is 1.76 bits per heavy atom. The molecule has 4 nitrogen and oxygen atoms in total. The first-order valence-corrected chi connectivity index (χ1v) is 9.48. The van der Waals surface area contributed by atoms with E-state index in [-0.39, 0.29) is 11.7 Å². The Labute approximate surface area is 170 Å². The van der Waals surface area contributed by atoms with Crippen LogP contribution >= 0.6 is 0 Å². The first-order chi connectivity index (χ1) is 13.5. The van der Waals surface area contributed by atoms with Crippen LogP contribution in [0.25, 0.3) is 0 Å². The van der Waals surface area contributed by atoms with Crippen molar-refractivity contribution < 1.29 is 18.7 Å². The Kier molecular flexibility index (Phi) is 5.23. The molecule has 29 heavy (non-hydrogen) atoms. The highest BCUT2D eigenvalue weighted by molar-refractivity contribution is 6.21. The van der Waals surface area contributed by atoms with E-state index in [2.05, 4.69) is 11.8 Å². The molecule has 5 heteroatoms. The van der Waals surface area contributed by atoms with E-state index < -0.39 is 23.0 Å². The molecule has 0 fully saturated rings. The SMILES string of the molecule is C[C@@H](C#Cc1ccc(F)cc1)[C@@]1(C)C(=O)N(C(=O)OC(C)(C)C)c2ccccc21. The third kappa shape index (κ3) is 3.88. The lowest BCUT2D eigenvalue weighted by molar-refractivity contribution is -0.123. The number of hydrogen-bond donors (Lipinski definition) is 0. The van der Waals surface area contributed by atoms with E-state index in [1.54, 1.807) is 52.0 Å². The van der Waals surface area contributed by atoms with Crippen molar-refractivity contribution in [1.82, 2.24) is 0 Å². The van der Waals surface area contributed by atoms with Crippen molar-refractivity contribution in [2.45, 2.75) is 45.6 Å². The first kappa shape index (κ1) is 20.6. The molecule has 2 aromatic carbocycles. The molecule has 0 bridgehead atoms. The maximum atomic E-state index is 13.4. The summed E-state index contributed by atoms with van der Waals surface area (Å²) in [7, 11) is 0. The van der Waals surface area contributed by atoms with Gasteiger partial charge in [-0.05, 0) is 63.6 Å². The summed E-state index contributed by atoms with van der Waals surface area (Å²) in [6.45, 7) is 8.92. The molecule has 0 radical (unpaired) electrons. The minimum atomic E-state index is -1.01. The lowest BCUT2D eigenvalue weighted by atomic mass is 9.73. The Balaban J connectivity index is 1.99. The average Bonchev–Trinajstić information content (AvgIpc) is 2.88. The zero-order chi connectivity index (χ0) is 21.4. The number of nitrogens with zero attached hydrogens (tertiary/aromatic N) is 1. The number of amides is 2. The molecule has 0 saturated carbocycles. The van der Waals surface area contributed by atoms with Crippen molar-refractivity contribution in [3.05, 3.63) is 65.5 Å². The van der Waals surface area contributed by atoms with Gasteiger partial charge < -0.3 is 4.74 Å². The highest BCUT2D eigenvalue weighted by Crippen LogP contribution is 2.46. The number of para-hydroxylation sites is 1. The molecular formula is C24H24FNO3. The van der Waals surface area contributed by atoms with Crippen molar-refractivity contribution in [3.8, 4) is 11.8 Å². The molecule has 2 atom stereocenters. The van der Waals surface area contributed by atoms with Crippen molar-refractivity contribution in [3.63, 3.8) is 0 Å². The standard InChI is InChI=1S/C24H24FNO3/c1-16(10-11-17-12-14-18(25)15-13-17)24(5)19-8-6-7-9-20(19)26(21(24)27)22(28)29-23(2,3)4/h6-9,12-16H,1-5H3/t16-,24+/m0/s1. The van der Waals surface area contributed by atoms with E-state index in [0.717, 1.165) is 10.5 Å². The van der Waals surface area contributed by atoms with Gasteiger partial charge in [-0.3, -0.25) is 4.79 Å². The first-order valence-electron chi connectivity index (χ1n) is 9.48. The van der Waals surface area contributed by atoms with Gasteiger partial charge in [0.15, 0.2) is 0 Å². The molecule has 1 heterocycles. The summed E-state index contributed by atoms with van der Waals surface area (Å²) in [5, 5.41) is 0. The quantitative estimate of drug-likeness (QED) is 0.637. The van der Waals surface area contributed by atoms with Gasteiger partial charge in [0, 0.05) is 11.5 Å². The van der Waals surface area contributed by atoms with Crippen molar-refractivity contribution in [2.75, 3.05) is 4.90 Å². The number of fused-ring (bicyclic) bond motifs is 1. The lowest BCUT2D eigenvalue weighted by Gasteiger charge is -2.28. The summed E-state index contributed by atoms with van der Waals surface area (Å²) in [6, 6.07) is 13.1. The van der Waals surface area contributed by atoms with Crippen LogP contribution in [0.3, 0.4) is 0 Å². The minimum Gasteiger partial charge on any atom is -0.443 e. The molecule has 1 aliphatic rings.